The van der Waals surface area contributed by atoms with Crippen molar-refractivity contribution in [2.24, 2.45) is 0 Å². The van der Waals surface area contributed by atoms with Crippen LogP contribution in [0.5, 0.6) is 0 Å². The first-order valence-corrected chi connectivity index (χ1v) is 3.69. The Labute approximate surface area is 73.5 Å². The van der Waals surface area contributed by atoms with E-state index in [2.05, 4.69) is 9.97 Å². The van der Waals surface area contributed by atoms with E-state index >= 15 is 0 Å². The first-order chi connectivity index (χ1) is 6.31. The molecule has 0 saturated carbocycles. The van der Waals surface area contributed by atoms with Crippen LogP contribution in [0.3, 0.4) is 0 Å². The number of rotatable bonds is 0. The van der Waals surface area contributed by atoms with Crippen LogP contribution in [-0.2, 0) is 0 Å². The third-order valence-corrected chi connectivity index (χ3v) is 1.74. The van der Waals surface area contributed by atoms with Crippen LogP contribution in [0.25, 0.3) is 10.9 Å². The van der Waals surface area contributed by atoms with Gasteiger partial charge >= 0.3 is 0 Å². The lowest BCUT2D eigenvalue weighted by Crippen LogP contribution is -2.06. The zero-order valence-electron chi connectivity index (χ0n) is 6.61. The fourth-order valence-electron chi connectivity index (χ4n) is 1.14. The number of aromatic amines is 1. The lowest BCUT2D eigenvalue weighted by Gasteiger charge is -1.94. The molecule has 62 valence electrons. The number of hydrogen-bond donors (Lipinski definition) is 1. The summed E-state index contributed by atoms with van der Waals surface area (Å²) in [6.07, 6.45) is 2.92. The Balaban J connectivity index is 2.90. The Morgan fingerprint density at radius 3 is 3.15 bits per heavy atom. The maximum Gasteiger partial charge on any atom is 0.274 e. The maximum atomic E-state index is 11.2. The quantitative estimate of drug-likeness (QED) is 0.637. The highest BCUT2D eigenvalue weighted by molar-refractivity contribution is 5.78. The Morgan fingerprint density at radius 2 is 2.38 bits per heavy atom. The largest absolute Gasteiger partial charge is 0.327 e. The summed E-state index contributed by atoms with van der Waals surface area (Å²) >= 11 is 0. The van der Waals surface area contributed by atoms with Crippen molar-refractivity contribution in [1.29, 1.82) is 5.26 Å². The van der Waals surface area contributed by atoms with Gasteiger partial charge in [-0.3, -0.25) is 4.79 Å². The summed E-state index contributed by atoms with van der Waals surface area (Å²) in [5.74, 6) is 0. The monoisotopic (exact) mass is 171 g/mol. The number of nitriles is 1. The summed E-state index contributed by atoms with van der Waals surface area (Å²) in [5, 5.41) is 9.27. The van der Waals surface area contributed by atoms with E-state index in [0.717, 1.165) is 0 Å². The highest BCUT2D eigenvalue weighted by atomic mass is 16.1. The number of nitrogens with one attached hydrogen (secondary N) is 1. The number of fused-ring (bicyclic) bond motifs is 1. The van der Waals surface area contributed by atoms with Crippen molar-refractivity contribution in [3.63, 3.8) is 0 Å². The summed E-state index contributed by atoms with van der Waals surface area (Å²) in [7, 11) is 0. The summed E-state index contributed by atoms with van der Waals surface area (Å²) in [5.41, 5.74) is 0.585. The smallest absolute Gasteiger partial charge is 0.274 e. The van der Waals surface area contributed by atoms with Gasteiger partial charge in [-0.15, -0.1) is 0 Å². The van der Waals surface area contributed by atoms with Crippen LogP contribution in [0.1, 0.15) is 5.56 Å². The van der Waals surface area contributed by atoms with Crippen LogP contribution >= 0.6 is 0 Å². The molecule has 0 fully saturated rings. The normalized spacial score (nSPS) is 9.77. The van der Waals surface area contributed by atoms with E-state index in [1.807, 2.05) is 6.07 Å². The van der Waals surface area contributed by atoms with E-state index in [0.29, 0.717) is 16.5 Å². The van der Waals surface area contributed by atoms with Crippen LogP contribution in [0.2, 0.25) is 0 Å². The average Bonchev–Trinajstić information content (AvgIpc) is 2.18. The van der Waals surface area contributed by atoms with Crippen LogP contribution in [-0.4, -0.2) is 9.97 Å². The van der Waals surface area contributed by atoms with Crippen LogP contribution in [0, 0.1) is 11.3 Å². The Kier molecular flexibility index (Phi) is 1.57. The minimum Gasteiger partial charge on any atom is -0.327 e. The molecule has 0 spiro atoms. The number of hydrogen-bond acceptors (Lipinski definition) is 3. The molecule has 4 heteroatoms. The minimum absolute atomic E-state index is 0.234. The molecule has 0 bridgehead atoms. The number of pyridine rings is 2. The fourth-order valence-corrected chi connectivity index (χ4v) is 1.14. The molecule has 2 rings (SSSR count). The average molecular weight is 171 g/mol. The fraction of sp³-hybridized carbons (Fsp3) is 0. The van der Waals surface area contributed by atoms with Crippen molar-refractivity contribution in [3.8, 4) is 6.07 Å². The molecule has 0 aliphatic carbocycles. The zero-order chi connectivity index (χ0) is 9.26. The molecule has 0 amide bonds. The molecule has 0 aliphatic rings. The second kappa shape index (κ2) is 2.72. The molecule has 0 aliphatic heterocycles. The predicted molar refractivity (Wildman–Crippen MR) is 47.1 cm³/mol. The number of H-pyrrole nitrogens is 1. The van der Waals surface area contributed by atoms with Gasteiger partial charge in [-0.25, -0.2) is 4.98 Å². The maximum absolute atomic E-state index is 11.2. The zero-order valence-corrected chi connectivity index (χ0v) is 6.61. The predicted octanol–water partition coefficient (Wildman–Crippen LogP) is 0.795. The SMILES string of the molecule is N#Cc1cnc2c(=O)[nH]ccc2c1. The Hall–Kier alpha value is -2.15. The lowest BCUT2D eigenvalue weighted by atomic mass is 10.2. The van der Waals surface area contributed by atoms with E-state index in [1.165, 1.54) is 12.4 Å². The molecule has 2 aromatic rings. The third kappa shape index (κ3) is 1.16. The van der Waals surface area contributed by atoms with Crippen molar-refractivity contribution in [2.45, 2.75) is 0 Å². The highest BCUT2D eigenvalue weighted by Gasteiger charge is 1.99. The highest BCUT2D eigenvalue weighted by Crippen LogP contribution is 2.07. The van der Waals surface area contributed by atoms with Gasteiger partial charge in [-0.2, -0.15) is 5.26 Å². The van der Waals surface area contributed by atoms with Crippen molar-refractivity contribution in [1.82, 2.24) is 9.97 Å². The molecule has 0 aromatic carbocycles. The van der Waals surface area contributed by atoms with Crippen molar-refractivity contribution < 1.29 is 0 Å². The van der Waals surface area contributed by atoms with Gasteiger partial charge in [0.25, 0.3) is 5.56 Å². The van der Waals surface area contributed by atoms with Gasteiger partial charge in [0.1, 0.15) is 11.6 Å². The summed E-state index contributed by atoms with van der Waals surface area (Å²) in [4.78, 5) is 17.6. The third-order valence-electron chi connectivity index (χ3n) is 1.74. The van der Waals surface area contributed by atoms with Gasteiger partial charge < -0.3 is 4.98 Å². The van der Waals surface area contributed by atoms with Crippen LogP contribution < -0.4 is 5.56 Å². The Morgan fingerprint density at radius 1 is 1.54 bits per heavy atom. The molecule has 0 radical (unpaired) electrons. The molecule has 2 heterocycles. The van der Waals surface area contributed by atoms with Gasteiger partial charge in [0.2, 0.25) is 0 Å². The standard InChI is InChI=1S/C9H5N3O/c10-4-6-3-7-1-2-11-9(13)8(7)12-5-6/h1-3,5H,(H,11,13). The van der Waals surface area contributed by atoms with Crippen molar-refractivity contribution in [3.05, 3.63) is 40.4 Å². The molecule has 0 saturated heterocycles. The summed E-state index contributed by atoms with van der Waals surface area (Å²) < 4.78 is 0. The van der Waals surface area contributed by atoms with Crippen molar-refractivity contribution >= 4 is 10.9 Å². The second-order valence-corrected chi connectivity index (χ2v) is 2.58. The van der Waals surface area contributed by atoms with Gasteiger partial charge in [0, 0.05) is 17.8 Å². The minimum atomic E-state index is -0.234. The van der Waals surface area contributed by atoms with Gasteiger partial charge in [0.05, 0.1) is 5.56 Å². The molecular weight excluding hydrogens is 166 g/mol. The van der Waals surface area contributed by atoms with Crippen LogP contribution in [0.15, 0.2) is 29.3 Å². The number of nitrogens with zero attached hydrogens (tertiary/aromatic N) is 2. The van der Waals surface area contributed by atoms with Gasteiger partial charge in [-0.05, 0) is 12.1 Å². The first kappa shape index (κ1) is 7.50. The van der Waals surface area contributed by atoms with E-state index < -0.39 is 0 Å². The molecule has 13 heavy (non-hydrogen) atoms. The van der Waals surface area contributed by atoms with E-state index in [4.69, 9.17) is 5.26 Å². The molecule has 1 N–H and O–H groups in total. The van der Waals surface area contributed by atoms with Gasteiger partial charge in [0.15, 0.2) is 0 Å². The molecule has 0 unspecified atom stereocenters. The number of aromatic nitrogens is 2. The Bertz CT molecular complexity index is 551. The van der Waals surface area contributed by atoms with Crippen molar-refractivity contribution in [2.75, 3.05) is 0 Å². The van der Waals surface area contributed by atoms with E-state index in [9.17, 15) is 4.79 Å². The molecule has 4 nitrogen and oxygen atoms in total. The van der Waals surface area contributed by atoms with E-state index in [1.54, 1.807) is 12.1 Å². The first-order valence-electron chi connectivity index (χ1n) is 3.69. The van der Waals surface area contributed by atoms with Crippen LogP contribution in [0.4, 0.5) is 0 Å². The van der Waals surface area contributed by atoms with Gasteiger partial charge in [-0.1, -0.05) is 0 Å². The molecular formula is C9H5N3O. The summed E-state index contributed by atoms with van der Waals surface area (Å²) in [6, 6.07) is 5.31. The summed E-state index contributed by atoms with van der Waals surface area (Å²) in [6.45, 7) is 0. The molecule has 2 aromatic heterocycles. The topological polar surface area (TPSA) is 69.5 Å². The molecule has 0 atom stereocenters. The van der Waals surface area contributed by atoms with E-state index in [-0.39, 0.29) is 5.56 Å². The lowest BCUT2D eigenvalue weighted by molar-refractivity contribution is 1.23. The second-order valence-electron chi connectivity index (χ2n) is 2.58.